The molecule has 0 saturated heterocycles. The number of carbonyl (C=O) groups excluding carboxylic acids is 1. The lowest BCUT2D eigenvalue weighted by molar-refractivity contribution is 0.0945. The molecule has 19 heavy (non-hydrogen) atoms. The van der Waals surface area contributed by atoms with Crippen LogP contribution in [0, 0.1) is 12.8 Å². The third-order valence-corrected chi connectivity index (χ3v) is 3.01. The van der Waals surface area contributed by atoms with Crippen molar-refractivity contribution in [3.8, 4) is 0 Å². The van der Waals surface area contributed by atoms with Crippen LogP contribution in [-0.4, -0.2) is 34.3 Å². The predicted molar refractivity (Wildman–Crippen MR) is 69.7 cm³/mol. The second kappa shape index (κ2) is 5.79. The van der Waals surface area contributed by atoms with E-state index in [-0.39, 0.29) is 18.4 Å². The molecule has 2 N–H and O–H groups in total. The van der Waals surface area contributed by atoms with Crippen LogP contribution in [0.25, 0.3) is 11.1 Å². The Kier molecular flexibility index (Phi) is 4.11. The molecule has 2 heterocycles. The molecular formula is C13H17N3O3. The third-order valence-electron chi connectivity index (χ3n) is 3.01. The molecule has 6 nitrogen and oxygen atoms in total. The molecule has 1 amide bonds. The minimum Gasteiger partial charge on any atom is -0.396 e. The minimum absolute atomic E-state index is 0.129. The van der Waals surface area contributed by atoms with Crippen LogP contribution in [0.1, 0.15) is 29.4 Å². The number of hydrogen-bond donors (Lipinski definition) is 2. The number of pyridine rings is 1. The average Bonchev–Trinajstić information content (AvgIpc) is 2.78. The molecule has 0 saturated carbocycles. The SMILES string of the molecule is Cc1noc2ncc(C(=O)NCC(C)CCO)cc12. The normalized spacial score (nSPS) is 12.6. The number of aryl methyl sites for hydroxylation is 1. The molecule has 0 aliphatic heterocycles. The first-order chi connectivity index (χ1) is 9.11. The monoisotopic (exact) mass is 263 g/mol. The van der Waals surface area contributed by atoms with E-state index in [1.54, 1.807) is 13.0 Å². The van der Waals surface area contributed by atoms with Gasteiger partial charge in [-0.1, -0.05) is 12.1 Å². The van der Waals surface area contributed by atoms with E-state index in [1.807, 2.05) is 6.92 Å². The molecule has 2 aromatic rings. The highest BCUT2D eigenvalue weighted by molar-refractivity contribution is 5.96. The maximum atomic E-state index is 12.0. The summed E-state index contributed by atoms with van der Waals surface area (Å²) in [6.45, 7) is 4.44. The number of nitrogens with one attached hydrogen (secondary N) is 1. The van der Waals surface area contributed by atoms with Crippen molar-refractivity contribution in [1.82, 2.24) is 15.5 Å². The number of amides is 1. The van der Waals surface area contributed by atoms with E-state index in [2.05, 4.69) is 15.5 Å². The fraction of sp³-hybridized carbons (Fsp3) is 0.462. The van der Waals surface area contributed by atoms with Crippen molar-refractivity contribution in [2.24, 2.45) is 5.92 Å². The van der Waals surface area contributed by atoms with Crippen molar-refractivity contribution in [3.63, 3.8) is 0 Å². The first-order valence-electron chi connectivity index (χ1n) is 6.23. The van der Waals surface area contributed by atoms with Crippen LogP contribution in [0.3, 0.4) is 0 Å². The molecule has 6 heteroatoms. The van der Waals surface area contributed by atoms with Gasteiger partial charge in [-0.2, -0.15) is 0 Å². The molecule has 1 unspecified atom stereocenters. The van der Waals surface area contributed by atoms with Gasteiger partial charge in [0.05, 0.1) is 16.6 Å². The molecule has 0 spiro atoms. The number of aromatic nitrogens is 2. The second-order valence-electron chi connectivity index (χ2n) is 4.67. The zero-order chi connectivity index (χ0) is 13.8. The van der Waals surface area contributed by atoms with E-state index in [1.165, 1.54) is 6.20 Å². The summed E-state index contributed by atoms with van der Waals surface area (Å²) in [5, 5.41) is 16.2. The standard InChI is InChI=1S/C13H17N3O3/c1-8(3-4-17)6-14-12(18)10-5-11-9(2)16-19-13(11)15-7-10/h5,7-8,17H,3-4,6H2,1-2H3,(H,14,18). The molecule has 2 aromatic heterocycles. The van der Waals surface area contributed by atoms with Gasteiger partial charge in [0.1, 0.15) is 0 Å². The highest BCUT2D eigenvalue weighted by Gasteiger charge is 2.12. The molecule has 0 radical (unpaired) electrons. The second-order valence-corrected chi connectivity index (χ2v) is 4.67. The van der Waals surface area contributed by atoms with Crippen LogP contribution in [0.15, 0.2) is 16.8 Å². The van der Waals surface area contributed by atoms with Gasteiger partial charge >= 0.3 is 0 Å². The maximum Gasteiger partial charge on any atom is 0.257 e. The predicted octanol–water partition coefficient (Wildman–Crippen LogP) is 1.28. The lowest BCUT2D eigenvalue weighted by atomic mass is 10.1. The van der Waals surface area contributed by atoms with E-state index >= 15 is 0 Å². The van der Waals surface area contributed by atoms with Gasteiger partial charge in [0, 0.05) is 19.3 Å². The van der Waals surface area contributed by atoms with Gasteiger partial charge in [-0.05, 0) is 25.3 Å². The molecule has 0 aromatic carbocycles. The van der Waals surface area contributed by atoms with Crippen LogP contribution in [0.4, 0.5) is 0 Å². The minimum atomic E-state index is -0.181. The third kappa shape index (κ3) is 3.08. The van der Waals surface area contributed by atoms with E-state index < -0.39 is 0 Å². The van der Waals surface area contributed by atoms with Gasteiger partial charge in [-0.25, -0.2) is 4.98 Å². The van der Waals surface area contributed by atoms with Crippen LogP contribution in [0.5, 0.6) is 0 Å². The van der Waals surface area contributed by atoms with Gasteiger partial charge in [0.15, 0.2) is 0 Å². The van der Waals surface area contributed by atoms with Crippen molar-refractivity contribution in [2.45, 2.75) is 20.3 Å². The lowest BCUT2D eigenvalue weighted by Gasteiger charge is -2.10. The number of hydrogen-bond acceptors (Lipinski definition) is 5. The fourth-order valence-electron chi connectivity index (χ4n) is 1.76. The Labute approximate surface area is 110 Å². The zero-order valence-corrected chi connectivity index (χ0v) is 11.0. The zero-order valence-electron chi connectivity index (χ0n) is 11.0. The van der Waals surface area contributed by atoms with Crippen LogP contribution >= 0.6 is 0 Å². The molecule has 2 rings (SSSR count). The van der Waals surface area contributed by atoms with Gasteiger partial charge in [-0.3, -0.25) is 4.79 Å². The number of aliphatic hydroxyl groups excluding tert-OH is 1. The summed E-state index contributed by atoms with van der Waals surface area (Å²) in [4.78, 5) is 16.0. The summed E-state index contributed by atoms with van der Waals surface area (Å²) < 4.78 is 4.99. The van der Waals surface area contributed by atoms with Crippen molar-refractivity contribution < 1.29 is 14.4 Å². The van der Waals surface area contributed by atoms with E-state index in [0.717, 1.165) is 5.39 Å². The first-order valence-corrected chi connectivity index (χ1v) is 6.23. The topological polar surface area (TPSA) is 88.2 Å². The summed E-state index contributed by atoms with van der Waals surface area (Å²) >= 11 is 0. The molecule has 0 bridgehead atoms. The number of carbonyl (C=O) groups is 1. The molecule has 0 aliphatic carbocycles. The summed E-state index contributed by atoms with van der Waals surface area (Å²) in [6.07, 6.45) is 2.14. The summed E-state index contributed by atoms with van der Waals surface area (Å²) in [6, 6.07) is 1.72. The average molecular weight is 263 g/mol. The Hall–Kier alpha value is -1.95. The number of rotatable bonds is 5. The highest BCUT2D eigenvalue weighted by atomic mass is 16.5. The van der Waals surface area contributed by atoms with Gasteiger partial charge in [-0.15, -0.1) is 0 Å². The number of aliphatic hydroxyl groups is 1. The molecule has 102 valence electrons. The Morgan fingerprint density at radius 2 is 2.37 bits per heavy atom. The first kappa shape index (κ1) is 13.5. The van der Waals surface area contributed by atoms with Gasteiger partial charge in [0.2, 0.25) is 0 Å². The van der Waals surface area contributed by atoms with Gasteiger partial charge in [0.25, 0.3) is 11.6 Å². The Morgan fingerprint density at radius 3 is 3.11 bits per heavy atom. The maximum absolute atomic E-state index is 12.0. The fourth-order valence-corrected chi connectivity index (χ4v) is 1.76. The number of nitrogens with zero attached hydrogens (tertiary/aromatic N) is 2. The Morgan fingerprint density at radius 1 is 1.58 bits per heavy atom. The Balaban J connectivity index is 2.06. The molecular weight excluding hydrogens is 246 g/mol. The van der Waals surface area contributed by atoms with Crippen LogP contribution in [-0.2, 0) is 0 Å². The Bertz CT molecular complexity index is 580. The van der Waals surface area contributed by atoms with Crippen molar-refractivity contribution in [3.05, 3.63) is 23.5 Å². The largest absolute Gasteiger partial charge is 0.396 e. The van der Waals surface area contributed by atoms with Crippen molar-refractivity contribution in [1.29, 1.82) is 0 Å². The van der Waals surface area contributed by atoms with Crippen molar-refractivity contribution in [2.75, 3.05) is 13.2 Å². The summed E-state index contributed by atoms with van der Waals surface area (Å²) in [5.41, 5.74) is 1.63. The lowest BCUT2D eigenvalue weighted by Crippen LogP contribution is -2.28. The van der Waals surface area contributed by atoms with E-state index in [9.17, 15) is 4.79 Å². The molecule has 0 fully saturated rings. The van der Waals surface area contributed by atoms with E-state index in [4.69, 9.17) is 9.63 Å². The smallest absolute Gasteiger partial charge is 0.257 e. The van der Waals surface area contributed by atoms with Gasteiger partial charge < -0.3 is 14.9 Å². The number of fused-ring (bicyclic) bond motifs is 1. The molecule has 0 aliphatic rings. The highest BCUT2D eigenvalue weighted by Crippen LogP contribution is 2.16. The quantitative estimate of drug-likeness (QED) is 0.848. The van der Waals surface area contributed by atoms with Crippen LogP contribution < -0.4 is 5.32 Å². The summed E-state index contributed by atoms with van der Waals surface area (Å²) in [5.74, 6) is 0.0581. The van der Waals surface area contributed by atoms with Crippen molar-refractivity contribution >= 4 is 17.0 Å². The van der Waals surface area contributed by atoms with E-state index in [0.29, 0.717) is 29.9 Å². The molecule has 1 atom stereocenters. The summed E-state index contributed by atoms with van der Waals surface area (Å²) in [7, 11) is 0. The van der Waals surface area contributed by atoms with Crippen LogP contribution in [0.2, 0.25) is 0 Å².